The number of benzene rings is 5. The van der Waals surface area contributed by atoms with Crippen molar-refractivity contribution in [1.29, 1.82) is 0 Å². The average Bonchev–Trinajstić information content (AvgIpc) is 3.44. The molecule has 0 aliphatic heterocycles. The van der Waals surface area contributed by atoms with E-state index in [-0.39, 0.29) is 5.78 Å². The predicted octanol–water partition coefficient (Wildman–Crippen LogP) is 6.01. The van der Waals surface area contributed by atoms with Crippen LogP contribution in [0.1, 0.15) is 10.4 Å². The summed E-state index contributed by atoms with van der Waals surface area (Å²) in [6, 6.07) is 46.8. The van der Waals surface area contributed by atoms with E-state index >= 15 is 4.79 Å². The number of rotatable bonds is 7. The zero-order valence-electron chi connectivity index (χ0n) is 21.4. The molecule has 0 unspecified atom stereocenters. The molecule has 0 aliphatic rings. The van der Waals surface area contributed by atoms with Gasteiger partial charge in [0.2, 0.25) is 5.78 Å². The van der Waals surface area contributed by atoms with Crippen molar-refractivity contribution in [2.24, 2.45) is 0 Å². The van der Waals surface area contributed by atoms with Crippen LogP contribution in [0.25, 0.3) is 11.0 Å². The summed E-state index contributed by atoms with van der Waals surface area (Å²) in [4.78, 5) is 16.0. The molecule has 1 heterocycles. The lowest BCUT2D eigenvalue weighted by Crippen LogP contribution is -2.37. The van der Waals surface area contributed by atoms with Crippen LogP contribution in [0, 0.1) is 0 Å². The monoisotopic (exact) mass is 543 g/mol. The van der Waals surface area contributed by atoms with Gasteiger partial charge in [-0.1, -0.05) is 120 Å². The van der Waals surface area contributed by atoms with Crippen molar-refractivity contribution < 1.29 is 4.79 Å². The fraction of sp³-hybridized carbons (Fsp3) is 0.0303. The summed E-state index contributed by atoms with van der Waals surface area (Å²) < 4.78 is 1.80. The van der Waals surface area contributed by atoms with E-state index in [1.54, 1.807) is 16.4 Å². The first kappa shape index (κ1) is 25.1. The summed E-state index contributed by atoms with van der Waals surface area (Å²) in [6.45, 7) is -2.79. The lowest BCUT2D eigenvalue weighted by atomic mass is 10.1. The Morgan fingerprint density at radius 3 is 1.69 bits per heavy atom. The molecule has 0 N–H and O–H groups in total. The molecule has 0 aliphatic carbocycles. The maximum atomic E-state index is 15.1. The predicted molar refractivity (Wildman–Crippen MR) is 166 cm³/mol. The van der Waals surface area contributed by atoms with Gasteiger partial charge in [0.25, 0.3) is 0 Å². The summed E-state index contributed by atoms with van der Waals surface area (Å²) in [6.07, 6.45) is 2.00. The van der Waals surface area contributed by atoms with Gasteiger partial charge in [-0.3, -0.25) is 4.79 Å². The van der Waals surface area contributed by atoms with Gasteiger partial charge in [-0.2, -0.15) is 0 Å². The van der Waals surface area contributed by atoms with E-state index in [2.05, 4.69) is 46.7 Å². The van der Waals surface area contributed by atoms with Crippen molar-refractivity contribution >= 4 is 56.8 Å². The van der Waals surface area contributed by atoms with Crippen molar-refractivity contribution in [3.05, 3.63) is 145 Å². The second kappa shape index (κ2) is 10.9. The Bertz CT molecular complexity index is 1710. The number of ketones is 1. The number of thioether (sulfide) groups is 1. The fourth-order valence-electron chi connectivity index (χ4n) is 5.14. The van der Waals surface area contributed by atoms with E-state index in [0.29, 0.717) is 11.0 Å². The number of carbonyl (C=O) groups is 1. The van der Waals surface area contributed by atoms with Gasteiger partial charge < -0.3 is 0 Å². The Kier molecular flexibility index (Phi) is 7.02. The van der Waals surface area contributed by atoms with Crippen molar-refractivity contribution in [2.45, 2.75) is 4.90 Å². The summed E-state index contributed by atoms with van der Waals surface area (Å²) in [7, 11) is 0. The minimum absolute atomic E-state index is 0.0551. The summed E-state index contributed by atoms with van der Waals surface area (Å²) >= 11 is 1.57. The van der Waals surface area contributed by atoms with Gasteiger partial charge >= 0.3 is 0 Å². The number of hydrogen-bond acceptors (Lipinski definition) is 4. The van der Waals surface area contributed by atoms with Gasteiger partial charge in [-0.05, 0) is 46.4 Å². The van der Waals surface area contributed by atoms with Crippen LogP contribution in [-0.2, 0) is 0 Å². The van der Waals surface area contributed by atoms with Gasteiger partial charge in [-0.15, -0.1) is 16.9 Å². The number of aromatic nitrogens is 3. The van der Waals surface area contributed by atoms with Crippen molar-refractivity contribution in [3.8, 4) is 0 Å². The molecule has 0 saturated carbocycles. The molecule has 6 aromatic rings. The van der Waals surface area contributed by atoms with Gasteiger partial charge in [0, 0.05) is 17.3 Å². The molecule has 39 heavy (non-hydrogen) atoms. The minimum atomic E-state index is -2.79. The Labute approximate surface area is 232 Å². The van der Waals surface area contributed by atoms with E-state index in [0.717, 1.165) is 31.8 Å². The van der Waals surface area contributed by atoms with Gasteiger partial charge in [0.15, 0.2) is 0 Å². The molecule has 0 radical (unpaired) electrons. The molecule has 1 aromatic heterocycles. The Morgan fingerprint density at radius 1 is 0.641 bits per heavy atom. The van der Waals surface area contributed by atoms with Gasteiger partial charge in [0.1, 0.15) is 10.9 Å². The maximum Gasteiger partial charge on any atom is 0.213 e. The van der Waals surface area contributed by atoms with Gasteiger partial charge in [-0.25, -0.2) is 4.68 Å². The van der Waals surface area contributed by atoms with Gasteiger partial charge in [0.05, 0.1) is 5.52 Å². The highest BCUT2D eigenvalue weighted by molar-refractivity contribution is 7.98. The Morgan fingerprint density at radius 2 is 1.13 bits per heavy atom. The molecular weight excluding hydrogens is 517 g/mol. The van der Waals surface area contributed by atoms with Crippen LogP contribution in [0.15, 0.2) is 144 Å². The van der Waals surface area contributed by atoms with Crippen LogP contribution >= 0.6 is 18.6 Å². The highest BCUT2D eigenvalue weighted by Gasteiger charge is 2.36. The van der Waals surface area contributed by atoms with E-state index < -0.39 is 6.89 Å². The third kappa shape index (κ3) is 4.34. The SMILES string of the molecule is CSc1ccccc1C(=O)C(n1nnc2ccccc21)=P(c1ccccc1)(c1ccccc1)c1ccccc1. The van der Waals surface area contributed by atoms with Crippen LogP contribution in [0.5, 0.6) is 0 Å². The molecule has 190 valence electrons. The maximum absolute atomic E-state index is 15.1. The molecule has 0 bridgehead atoms. The highest BCUT2D eigenvalue weighted by atomic mass is 32.2. The fourth-order valence-corrected chi connectivity index (χ4v) is 10.1. The average molecular weight is 544 g/mol. The van der Waals surface area contributed by atoms with Crippen LogP contribution in [0.4, 0.5) is 0 Å². The van der Waals surface area contributed by atoms with Crippen molar-refractivity contribution in [2.75, 3.05) is 6.26 Å². The molecule has 0 amide bonds. The van der Waals surface area contributed by atoms with E-state index in [1.165, 1.54) is 0 Å². The van der Waals surface area contributed by atoms with Crippen molar-refractivity contribution in [1.82, 2.24) is 15.0 Å². The minimum Gasteiger partial charge on any atom is -0.287 e. The first-order valence-electron chi connectivity index (χ1n) is 12.7. The number of Topliss-reactive ketones (excluding diaryl/α,β-unsaturated/α-hetero) is 1. The number of hydrogen-bond donors (Lipinski definition) is 0. The number of nitrogens with zero attached hydrogens (tertiary/aromatic N) is 3. The highest BCUT2D eigenvalue weighted by Crippen LogP contribution is 2.47. The Balaban J connectivity index is 1.91. The first-order chi connectivity index (χ1) is 19.2. The third-order valence-corrected chi connectivity index (χ3v) is 11.9. The summed E-state index contributed by atoms with van der Waals surface area (Å²) in [5.41, 5.74) is 2.82. The number of fused-ring (bicyclic) bond motifs is 1. The van der Waals surface area contributed by atoms with E-state index in [1.807, 2.05) is 109 Å². The first-order valence-corrected chi connectivity index (χ1v) is 15.7. The molecule has 0 atom stereocenters. The smallest absolute Gasteiger partial charge is 0.213 e. The zero-order chi connectivity index (χ0) is 26.7. The molecular formula is C33H26N3OPS. The molecule has 6 rings (SSSR count). The lowest BCUT2D eigenvalue weighted by molar-refractivity contribution is 0.106. The molecule has 0 saturated heterocycles. The zero-order valence-corrected chi connectivity index (χ0v) is 23.1. The van der Waals surface area contributed by atoms with Crippen molar-refractivity contribution in [3.63, 3.8) is 0 Å². The molecule has 0 spiro atoms. The molecule has 4 nitrogen and oxygen atoms in total. The Hall–Kier alpha value is -4.18. The topological polar surface area (TPSA) is 47.8 Å². The molecule has 6 heteroatoms. The number of para-hydroxylation sites is 1. The number of carbonyl (C=O) groups excluding carboxylic acids is 1. The van der Waals surface area contributed by atoms with E-state index in [4.69, 9.17) is 0 Å². The van der Waals surface area contributed by atoms with Crippen LogP contribution in [0.3, 0.4) is 0 Å². The second-order valence-corrected chi connectivity index (χ2v) is 13.2. The van der Waals surface area contributed by atoms with Crippen LogP contribution < -0.4 is 15.9 Å². The summed E-state index contributed by atoms with van der Waals surface area (Å²) in [5.74, 6) is -0.0551. The van der Waals surface area contributed by atoms with Crippen LogP contribution in [-0.4, -0.2) is 32.5 Å². The summed E-state index contributed by atoms with van der Waals surface area (Å²) in [5, 5.41) is 12.4. The standard InChI is InChI=1S/C33H26N3OPS/c1-39-31-24-14-11-21-28(31)32(37)33(36-30-23-13-12-22-29(30)34-35-36)38(25-15-5-2-6-16-25,26-17-7-3-8-18-26)27-19-9-4-10-20-27/h2-24H,1H3. The lowest BCUT2D eigenvalue weighted by Gasteiger charge is -2.32. The van der Waals surface area contributed by atoms with E-state index in [9.17, 15) is 0 Å². The third-order valence-electron chi connectivity index (χ3n) is 6.86. The molecule has 5 aromatic carbocycles. The normalized spacial score (nSPS) is 11.4. The van der Waals surface area contributed by atoms with Crippen LogP contribution in [0.2, 0.25) is 0 Å². The quantitative estimate of drug-likeness (QED) is 0.141. The largest absolute Gasteiger partial charge is 0.287 e. The molecule has 0 fully saturated rings. The second-order valence-electron chi connectivity index (χ2n) is 9.02.